The number of carbonyl (C=O) groups excluding carboxylic acids is 1. The van der Waals surface area contributed by atoms with Crippen LogP contribution in [0, 0.1) is 13.8 Å². The van der Waals surface area contributed by atoms with Crippen LogP contribution in [0.1, 0.15) is 11.1 Å². The van der Waals surface area contributed by atoms with Gasteiger partial charge in [-0.15, -0.1) is 0 Å². The van der Waals surface area contributed by atoms with Gasteiger partial charge in [0.05, 0.1) is 10.6 Å². The molecule has 1 aliphatic rings. The molecule has 1 fully saturated rings. The van der Waals surface area contributed by atoms with Crippen molar-refractivity contribution in [3.05, 3.63) is 87.9 Å². The first kappa shape index (κ1) is 25.4. The zero-order chi connectivity index (χ0) is 25.2. The lowest BCUT2D eigenvalue weighted by atomic mass is 10.1. The van der Waals surface area contributed by atoms with E-state index in [1.54, 1.807) is 48.2 Å². The Bertz CT molecular complexity index is 1320. The second-order valence-electron chi connectivity index (χ2n) is 8.51. The van der Waals surface area contributed by atoms with Crippen molar-refractivity contribution in [2.75, 3.05) is 41.9 Å². The minimum atomic E-state index is -3.99. The zero-order valence-electron chi connectivity index (χ0n) is 19.6. The molecule has 3 aromatic carbocycles. The number of piperazine rings is 1. The average molecular weight is 532 g/mol. The molecule has 0 saturated carbocycles. The summed E-state index contributed by atoms with van der Waals surface area (Å²) < 4.78 is 28.4. The Hall–Kier alpha value is -2.74. The Balaban J connectivity index is 1.57. The van der Waals surface area contributed by atoms with Crippen molar-refractivity contribution in [3.63, 3.8) is 0 Å². The van der Waals surface area contributed by atoms with Crippen molar-refractivity contribution in [1.82, 2.24) is 4.90 Å². The SMILES string of the molecule is Cc1ccc(Cl)cc1N1CCN(C(=O)CN(c2cccc(Cl)c2C)S(=O)(=O)c2ccccc2)CC1. The second-order valence-corrected chi connectivity index (χ2v) is 11.2. The number of hydrogen-bond acceptors (Lipinski definition) is 4. The van der Waals surface area contributed by atoms with Crippen LogP contribution in [-0.4, -0.2) is 51.9 Å². The maximum absolute atomic E-state index is 13.6. The van der Waals surface area contributed by atoms with Gasteiger partial charge in [-0.25, -0.2) is 8.42 Å². The summed E-state index contributed by atoms with van der Waals surface area (Å²) in [5.74, 6) is -0.258. The molecule has 0 spiro atoms. The molecule has 35 heavy (non-hydrogen) atoms. The molecule has 6 nitrogen and oxygen atoms in total. The predicted molar refractivity (Wildman–Crippen MR) is 142 cm³/mol. The molecule has 0 radical (unpaired) electrons. The maximum Gasteiger partial charge on any atom is 0.264 e. The molecule has 0 bridgehead atoms. The highest BCUT2D eigenvalue weighted by molar-refractivity contribution is 7.92. The Morgan fingerprint density at radius 1 is 0.914 bits per heavy atom. The summed E-state index contributed by atoms with van der Waals surface area (Å²) in [6.07, 6.45) is 0. The van der Waals surface area contributed by atoms with Gasteiger partial charge in [-0.3, -0.25) is 9.10 Å². The third-order valence-electron chi connectivity index (χ3n) is 6.26. The normalized spacial score (nSPS) is 14.2. The van der Waals surface area contributed by atoms with Gasteiger partial charge >= 0.3 is 0 Å². The van der Waals surface area contributed by atoms with Crippen LogP contribution in [0.5, 0.6) is 0 Å². The van der Waals surface area contributed by atoms with E-state index in [1.165, 1.54) is 16.4 Å². The first-order valence-electron chi connectivity index (χ1n) is 11.3. The first-order valence-corrected chi connectivity index (χ1v) is 13.5. The molecule has 0 aromatic heterocycles. The lowest BCUT2D eigenvalue weighted by molar-refractivity contribution is -0.129. The molecule has 3 aromatic rings. The van der Waals surface area contributed by atoms with Crippen LogP contribution in [0.15, 0.2) is 71.6 Å². The summed E-state index contributed by atoms with van der Waals surface area (Å²) in [4.78, 5) is 17.4. The third kappa shape index (κ3) is 5.42. The predicted octanol–water partition coefficient (Wildman–Crippen LogP) is 5.15. The molecule has 0 aliphatic carbocycles. The van der Waals surface area contributed by atoms with Gasteiger partial charge in [-0.05, 0) is 61.4 Å². The molecule has 1 aliphatic heterocycles. The van der Waals surface area contributed by atoms with E-state index in [2.05, 4.69) is 4.90 Å². The monoisotopic (exact) mass is 531 g/mol. The third-order valence-corrected chi connectivity index (χ3v) is 8.68. The Labute approximate surface area is 216 Å². The number of nitrogens with zero attached hydrogens (tertiary/aromatic N) is 3. The van der Waals surface area contributed by atoms with E-state index in [1.807, 2.05) is 25.1 Å². The van der Waals surface area contributed by atoms with Crippen LogP contribution in [0.2, 0.25) is 10.0 Å². The number of aryl methyl sites for hydroxylation is 1. The summed E-state index contributed by atoms with van der Waals surface area (Å²) in [6.45, 7) is 5.71. The Morgan fingerprint density at radius 2 is 1.60 bits per heavy atom. The molecule has 1 saturated heterocycles. The number of benzene rings is 3. The van der Waals surface area contributed by atoms with Crippen LogP contribution >= 0.6 is 23.2 Å². The summed E-state index contributed by atoms with van der Waals surface area (Å²) >= 11 is 12.5. The van der Waals surface area contributed by atoms with Gasteiger partial charge in [0.1, 0.15) is 6.54 Å². The molecule has 9 heteroatoms. The van der Waals surface area contributed by atoms with Crippen molar-refractivity contribution in [3.8, 4) is 0 Å². The van der Waals surface area contributed by atoms with E-state index in [-0.39, 0.29) is 17.3 Å². The molecule has 1 amide bonds. The molecule has 1 heterocycles. The van der Waals surface area contributed by atoms with Crippen LogP contribution in [0.3, 0.4) is 0 Å². The highest BCUT2D eigenvalue weighted by Gasteiger charge is 2.31. The van der Waals surface area contributed by atoms with Crippen molar-refractivity contribution < 1.29 is 13.2 Å². The fourth-order valence-corrected chi connectivity index (χ4v) is 6.06. The quantitative estimate of drug-likeness (QED) is 0.441. The number of rotatable bonds is 6. The van der Waals surface area contributed by atoms with Crippen LogP contribution in [0.25, 0.3) is 0 Å². The number of halogens is 2. The van der Waals surface area contributed by atoms with Crippen molar-refractivity contribution in [2.45, 2.75) is 18.7 Å². The van der Waals surface area contributed by atoms with E-state index < -0.39 is 10.0 Å². The van der Waals surface area contributed by atoms with Crippen LogP contribution < -0.4 is 9.21 Å². The van der Waals surface area contributed by atoms with E-state index in [0.29, 0.717) is 47.5 Å². The second kappa shape index (κ2) is 10.5. The van der Waals surface area contributed by atoms with E-state index >= 15 is 0 Å². The summed E-state index contributed by atoms with van der Waals surface area (Å²) in [6, 6.07) is 19.0. The number of amides is 1. The highest BCUT2D eigenvalue weighted by atomic mass is 35.5. The number of anilines is 2. The highest BCUT2D eigenvalue weighted by Crippen LogP contribution is 2.31. The number of hydrogen-bond donors (Lipinski definition) is 0. The molecular formula is C26H27Cl2N3O3S. The largest absolute Gasteiger partial charge is 0.368 e. The summed E-state index contributed by atoms with van der Waals surface area (Å²) in [7, 11) is -3.99. The van der Waals surface area contributed by atoms with Crippen molar-refractivity contribution in [1.29, 1.82) is 0 Å². The van der Waals surface area contributed by atoms with E-state index in [4.69, 9.17) is 23.2 Å². The van der Waals surface area contributed by atoms with Gasteiger partial charge in [0, 0.05) is 41.9 Å². The van der Waals surface area contributed by atoms with Gasteiger partial charge in [0.15, 0.2) is 0 Å². The number of carbonyl (C=O) groups is 1. The average Bonchev–Trinajstić information content (AvgIpc) is 2.86. The molecular weight excluding hydrogens is 505 g/mol. The Kier molecular flexibility index (Phi) is 7.59. The number of sulfonamides is 1. The standard InChI is InChI=1S/C26H27Cl2N3O3S/c1-19-11-12-21(27)17-25(19)29-13-15-30(16-14-29)26(32)18-31(24-10-6-9-23(28)20(24)2)35(33,34)22-7-4-3-5-8-22/h3-12,17H,13-16,18H2,1-2H3. The van der Waals surface area contributed by atoms with Crippen LogP contribution in [0.4, 0.5) is 11.4 Å². The fourth-order valence-electron chi connectivity index (χ4n) is 4.23. The van der Waals surface area contributed by atoms with Gasteiger partial charge < -0.3 is 9.80 Å². The van der Waals surface area contributed by atoms with Crippen molar-refractivity contribution in [2.24, 2.45) is 0 Å². The topological polar surface area (TPSA) is 60.9 Å². The molecule has 184 valence electrons. The molecule has 0 atom stereocenters. The van der Waals surface area contributed by atoms with Crippen LogP contribution in [-0.2, 0) is 14.8 Å². The van der Waals surface area contributed by atoms with E-state index in [9.17, 15) is 13.2 Å². The minimum absolute atomic E-state index is 0.119. The molecule has 4 rings (SSSR count). The van der Waals surface area contributed by atoms with Gasteiger partial charge in [0.2, 0.25) is 5.91 Å². The van der Waals surface area contributed by atoms with Gasteiger partial charge in [-0.1, -0.05) is 53.5 Å². The minimum Gasteiger partial charge on any atom is -0.368 e. The van der Waals surface area contributed by atoms with Gasteiger partial charge in [-0.2, -0.15) is 0 Å². The summed E-state index contributed by atoms with van der Waals surface area (Å²) in [5.41, 5.74) is 3.16. The molecule has 0 unspecified atom stereocenters. The summed E-state index contributed by atoms with van der Waals surface area (Å²) in [5, 5.41) is 1.11. The first-order chi connectivity index (χ1) is 16.7. The van der Waals surface area contributed by atoms with E-state index in [0.717, 1.165) is 11.3 Å². The Morgan fingerprint density at radius 3 is 2.29 bits per heavy atom. The lowest BCUT2D eigenvalue weighted by Gasteiger charge is -2.38. The molecule has 0 N–H and O–H groups in total. The smallest absolute Gasteiger partial charge is 0.264 e. The van der Waals surface area contributed by atoms with Gasteiger partial charge in [0.25, 0.3) is 10.0 Å². The lowest BCUT2D eigenvalue weighted by Crippen LogP contribution is -2.52. The fraction of sp³-hybridized carbons (Fsp3) is 0.269. The maximum atomic E-state index is 13.6. The van der Waals surface area contributed by atoms with Crippen molar-refractivity contribution >= 4 is 50.5 Å². The zero-order valence-corrected chi connectivity index (χ0v) is 21.9.